The van der Waals surface area contributed by atoms with Gasteiger partial charge < -0.3 is 15.2 Å². The van der Waals surface area contributed by atoms with Crippen LogP contribution in [0.4, 0.5) is 0 Å². The molecule has 4 heteroatoms. The number of rotatable bonds is 2. The highest BCUT2D eigenvalue weighted by Crippen LogP contribution is 2.45. The van der Waals surface area contributed by atoms with Crippen LogP contribution < -0.4 is 15.2 Å². The van der Waals surface area contributed by atoms with Gasteiger partial charge in [0, 0.05) is 13.8 Å². The van der Waals surface area contributed by atoms with Gasteiger partial charge in [-0.1, -0.05) is 18.5 Å². The topological polar surface area (TPSA) is 44.5 Å². The largest absolute Gasteiger partial charge is 0.449 e. The van der Waals surface area contributed by atoms with E-state index in [9.17, 15) is 0 Å². The first-order chi connectivity index (χ1) is 7.43. The van der Waals surface area contributed by atoms with Crippen molar-refractivity contribution in [2.45, 2.75) is 32.5 Å². The van der Waals surface area contributed by atoms with E-state index in [2.05, 4.69) is 6.92 Å². The molecule has 0 aromatic heterocycles. The molecule has 16 heavy (non-hydrogen) atoms. The van der Waals surface area contributed by atoms with Crippen molar-refractivity contribution in [3.63, 3.8) is 0 Å². The fourth-order valence-electron chi connectivity index (χ4n) is 1.72. The average Bonchev–Trinajstić information content (AvgIpc) is 2.52. The lowest BCUT2D eigenvalue weighted by atomic mass is 10.0. The highest BCUT2D eigenvalue weighted by atomic mass is 35.5. The molecule has 88 valence electrons. The number of fused-ring (bicyclic) bond motifs is 1. The summed E-state index contributed by atoms with van der Waals surface area (Å²) in [6.45, 7) is 6.35. The van der Waals surface area contributed by atoms with Gasteiger partial charge in [-0.3, -0.25) is 0 Å². The Bertz CT molecular complexity index is 418. The van der Waals surface area contributed by atoms with Crippen molar-refractivity contribution in [2.75, 3.05) is 6.54 Å². The van der Waals surface area contributed by atoms with Gasteiger partial charge in [0.25, 0.3) is 0 Å². The van der Waals surface area contributed by atoms with Gasteiger partial charge in [0.2, 0.25) is 5.79 Å². The van der Waals surface area contributed by atoms with E-state index in [0.717, 1.165) is 5.56 Å². The van der Waals surface area contributed by atoms with Crippen LogP contribution in [0.2, 0.25) is 5.02 Å². The fourth-order valence-corrected chi connectivity index (χ4v) is 1.97. The predicted molar refractivity (Wildman–Crippen MR) is 64.3 cm³/mol. The minimum absolute atomic E-state index is 0.259. The van der Waals surface area contributed by atoms with Gasteiger partial charge in [0.15, 0.2) is 11.5 Å². The van der Waals surface area contributed by atoms with Crippen LogP contribution in [0.25, 0.3) is 0 Å². The number of nitrogens with two attached hydrogens (primary N) is 1. The maximum absolute atomic E-state index is 6.16. The van der Waals surface area contributed by atoms with E-state index in [-0.39, 0.29) is 5.92 Å². The number of halogens is 1. The molecule has 1 aromatic rings. The molecule has 1 aliphatic heterocycles. The lowest BCUT2D eigenvalue weighted by Crippen LogP contribution is -2.29. The molecule has 0 fully saturated rings. The second-order valence-electron chi connectivity index (χ2n) is 4.57. The summed E-state index contributed by atoms with van der Waals surface area (Å²) in [6.07, 6.45) is 0. The molecule has 0 radical (unpaired) electrons. The molecule has 1 aromatic carbocycles. The van der Waals surface area contributed by atoms with Crippen LogP contribution >= 0.6 is 11.6 Å². The minimum Gasteiger partial charge on any atom is -0.449 e. The third-order valence-electron chi connectivity index (χ3n) is 2.66. The Labute approximate surface area is 100 Å². The first-order valence-corrected chi connectivity index (χ1v) is 5.72. The first-order valence-electron chi connectivity index (χ1n) is 5.34. The summed E-state index contributed by atoms with van der Waals surface area (Å²) in [5, 5.41) is 0.582. The van der Waals surface area contributed by atoms with Crippen LogP contribution in [-0.2, 0) is 0 Å². The monoisotopic (exact) mass is 241 g/mol. The van der Waals surface area contributed by atoms with Crippen molar-refractivity contribution in [2.24, 2.45) is 5.73 Å². The summed E-state index contributed by atoms with van der Waals surface area (Å²) >= 11 is 6.16. The zero-order valence-electron chi connectivity index (χ0n) is 9.71. The van der Waals surface area contributed by atoms with Crippen LogP contribution in [-0.4, -0.2) is 12.3 Å². The number of ether oxygens (including phenoxy) is 2. The quantitative estimate of drug-likeness (QED) is 0.866. The molecule has 2 rings (SSSR count). The number of hydrogen-bond donors (Lipinski definition) is 1. The van der Waals surface area contributed by atoms with E-state index in [1.54, 1.807) is 0 Å². The molecular weight excluding hydrogens is 226 g/mol. The van der Waals surface area contributed by atoms with Gasteiger partial charge in [-0.15, -0.1) is 0 Å². The minimum atomic E-state index is -0.642. The summed E-state index contributed by atoms with van der Waals surface area (Å²) in [6, 6.07) is 3.84. The van der Waals surface area contributed by atoms with Crippen molar-refractivity contribution in [3.05, 3.63) is 22.7 Å². The predicted octanol–water partition coefficient (Wildman–Crippen LogP) is 2.91. The second-order valence-corrected chi connectivity index (χ2v) is 4.98. The SMILES string of the molecule is CC(CN)c1cc(Cl)c2c(c1)OC(C)(C)O2. The van der Waals surface area contributed by atoms with E-state index >= 15 is 0 Å². The van der Waals surface area contributed by atoms with Crippen LogP contribution in [0.15, 0.2) is 12.1 Å². The van der Waals surface area contributed by atoms with E-state index in [1.165, 1.54) is 0 Å². The number of benzene rings is 1. The van der Waals surface area contributed by atoms with Crippen LogP contribution in [0.3, 0.4) is 0 Å². The average molecular weight is 242 g/mol. The van der Waals surface area contributed by atoms with Crippen molar-refractivity contribution >= 4 is 11.6 Å². The normalized spacial score (nSPS) is 18.6. The Balaban J connectivity index is 2.42. The van der Waals surface area contributed by atoms with Crippen molar-refractivity contribution in [1.29, 1.82) is 0 Å². The first kappa shape index (κ1) is 11.6. The van der Waals surface area contributed by atoms with E-state index in [0.29, 0.717) is 23.1 Å². The maximum atomic E-state index is 6.16. The number of hydrogen-bond acceptors (Lipinski definition) is 3. The molecule has 0 spiro atoms. The summed E-state index contributed by atoms with van der Waals surface area (Å²) < 4.78 is 11.3. The summed E-state index contributed by atoms with van der Waals surface area (Å²) in [5.41, 5.74) is 6.71. The Hall–Kier alpha value is -0.930. The highest BCUT2D eigenvalue weighted by molar-refractivity contribution is 6.32. The van der Waals surface area contributed by atoms with Gasteiger partial charge >= 0.3 is 0 Å². The Kier molecular flexibility index (Phi) is 2.76. The molecule has 0 saturated carbocycles. The van der Waals surface area contributed by atoms with Crippen LogP contribution in [0, 0.1) is 0 Å². The molecule has 1 aliphatic rings. The Morgan fingerprint density at radius 1 is 1.38 bits per heavy atom. The molecule has 0 bridgehead atoms. The molecule has 1 heterocycles. The zero-order chi connectivity index (χ0) is 11.9. The standard InChI is InChI=1S/C12H16ClNO2/c1-7(6-14)8-4-9(13)11-10(5-8)15-12(2,3)16-11/h4-5,7H,6,14H2,1-3H3. The Morgan fingerprint density at radius 3 is 2.69 bits per heavy atom. The third-order valence-corrected chi connectivity index (χ3v) is 2.94. The van der Waals surface area contributed by atoms with Gasteiger partial charge in [0.1, 0.15) is 0 Å². The molecule has 0 amide bonds. The van der Waals surface area contributed by atoms with E-state index < -0.39 is 5.79 Å². The van der Waals surface area contributed by atoms with Crippen LogP contribution in [0.1, 0.15) is 32.3 Å². The summed E-state index contributed by atoms with van der Waals surface area (Å²) in [7, 11) is 0. The maximum Gasteiger partial charge on any atom is 0.246 e. The molecule has 3 nitrogen and oxygen atoms in total. The molecule has 2 N–H and O–H groups in total. The summed E-state index contributed by atoms with van der Waals surface area (Å²) in [5.74, 6) is 0.943. The van der Waals surface area contributed by atoms with Crippen molar-refractivity contribution in [1.82, 2.24) is 0 Å². The van der Waals surface area contributed by atoms with Crippen molar-refractivity contribution < 1.29 is 9.47 Å². The molecule has 1 atom stereocenters. The van der Waals surface area contributed by atoms with E-state index in [4.69, 9.17) is 26.8 Å². The van der Waals surface area contributed by atoms with Crippen molar-refractivity contribution in [3.8, 4) is 11.5 Å². The lowest BCUT2D eigenvalue weighted by molar-refractivity contribution is -0.0431. The van der Waals surface area contributed by atoms with Gasteiger partial charge in [-0.25, -0.2) is 0 Å². The third kappa shape index (κ3) is 1.97. The molecular formula is C12H16ClNO2. The molecule has 1 unspecified atom stereocenters. The van der Waals surface area contributed by atoms with E-state index in [1.807, 2.05) is 26.0 Å². The fraction of sp³-hybridized carbons (Fsp3) is 0.500. The molecule has 0 saturated heterocycles. The van der Waals surface area contributed by atoms with Gasteiger partial charge in [-0.2, -0.15) is 0 Å². The molecule has 0 aliphatic carbocycles. The lowest BCUT2D eigenvalue weighted by Gasteiger charge is -2.16. The summed E-state index contributed by atoms with van der Waals surface area (Å²) in [4.78, 5) is 0. The van der Waals surface area contributed by atoms with Crippen LogP contribution in [0.5, 0.6) is 11.5 Å². The highest BCUT2D eigenvalue weighted by Gasteiger charge is 2.34. The smallest absolute Gasteiger partial charge is 0.246 e. The zero-order valence-corrected chi connectivity index (χ0v) is 10.5. The van der Waals surface area contributed by atoms with Gasteiger partial charge in [0.05, 0.1) is 5.02 Å². The second kappa shape index (κ2) is 3.82. The van der Waals surface area contributed by atoms with Gasteiger partial charge in [-0.05, 0) is 30.2 Å². The Morgan fingerprint density at radius 2 is 2.06 bits per heavy atom.